The summed E-state index contributed by atoms with van der Waals surface area (Å²) < 4.78 is 0. The second-order valence-corrected chi connectivity index (χ2v) is 19.8. The maximum absolute atomic E-state index is 5.48. The Labute approximate surface area is 435 Å². The molecule has 0 saturated carbocycles. The SMILES string of the molecule is c1ccc(-c2nc(-c3ccc4c(c3)C3c5ccccc5C4c4cc(-c5nc(-c6ccccc6)nc(-c6ccccc6)n5)ccc43)cc(-c3cccc4c3-c3ccccc3C4(c3ccccc3)c3ccccc3)n2)cc1. The Morgan fingerprint density at radius 3 is 1.21 bits per heavy atom. The van der Waals surface area contributed by atoms with Gasteiger partial charge in [-0.15, -0.1) is 0 Å². The molecule has 5 nitrogen and oxygen atoms in total. The van der Waals surface area contributed by atoms with Gasteiger partial charge < -0.3 is 0 Å². The summed E-state index contributed by atoms with van der Waals surface area (Å²) in [6.45, 7) is 0. The third-order valence-corrected chi connectivity index (χ3v) is 15.8. The Balaban J connectivity index is 0.885. The van der Waals surface area contributed by atoms with Gasteiger partial charge >= 0.3 is 0 Å². The first kappa shape index (κ1) is 42.9. The van der Waals surface area contributed by atoms with Gasteiger partial charge in [-0.1, -0.05) is 243 Å². The topological polar surface area (TPSA) is 64.5 Å². The largest absolute Gasteiger partial charge is 0.228 e. The maximum Gasteiger partial charge on any atom is 0.164 e. The average Bonchev–Trinajstić information content (AvgIpc) is 3.99. The van der Waals surface area contributed by atoms with Crippen molar-refractivity contribution >= 4 is 0 Å². The molecule has 5 heteroatoms. The monoisotopic (exact) mass is 955 g/mol. The molecule has 2 unspecified atom stereocenters. The van der Waals surface area contributed by atoms with Crippen LogP contribution in [0.15, 0.2) is 261 Å². The van der Waals surface area contributed by atoms with E-state index in [0.29, 0.717) is 23.3 Å². The van der Waals surface area contributed by atoms with Crippen molar-refractivity contribution in [2.75, 3.05) is 0 Å². The molecule has 0 amide bonds. The van der Waals surface area contributed by atoms with Crippen LogP contribution < -0.4 is 0 Å². The molecule has 2 bridgehead atoms. The number of aromatic nitrogens is 5. The second-order valence-electron chi connectivity index (χ2n) is 19.8. The molecule has 0 saturated heterocycles. The van der Waals surface area contributed by atoms with Crippen molar-refractivity contribution in [1.82, 2.24) is 24.9 Å². The van der Waals surface area contributed by atoms with Crippen LogP contribution in [0.5, 0.6) is 0 Å². The Bertz CT molecular complexity index is 4080. The van der Waals surface area contributed by atoms with Gasteiger partial charge in [0.2, 0.25) is 0 Å². The van der Waals surface area contributed by atoms with Gasteiger partial charge in [-0.05, 0) is 85.0 Å². The fourth-order valence-electron chi connectivity index (χ4n) is 12.6. The Kier molecular flexibility index (Phi) is 9.86. The summed E-state index contributed by atoms with van der Waals surface area (Å²) in [4.78, 5) is 26.2. The van der Waals surface area contributed by atoms with Gasteiger partial charge in [0.15, 0.2) is 23.3 Å². The summed E-state index contributed by atoms with van der Waals surface area (Å²) in [6, 6.07) is 93.6. The summed E-state index contributed by atoms with van der Waals surface area (Å²) in [5, 5.41) is 0. The van der Waals surface area contributed by atoms with Gasteiger partial charge in [-0.3, -0.25) is 0 Å². The third kappa shape index (κ3) is 6.75. The van der Waals surface area contributed by atoms with Crippen LogP contribution in [0.4, 0.5) is 0 Å². The molecule has 0 aliphatic heterocycles. The molecule has 0 spiro atoms. The predicted molar refractivity (Wildman–Crippen MR) is 300 cm³/mol. The van der Waals surface area contributed by atoms with Crippen molar-refractivity contribution in [1.29, 1.82) is 0 Å². The van der Waals surface area contributed by atoms with Crippen LogP contribution in [0.1, 0.15) is 67.5 Å². The molecule has 12 aromatic rings. The van der Waals surface area contributed by atoms with E-state index in [1.807, 2.05) is 42.5 Å². The van der Waals surface area contributed by atoms with Crippen LogP contribution in [-0.2, 0) is 5.41 Å². The summed E-state index contributed by atoms with van der Waals surface area (Å²) in [5.74, 6) is 2.70. The van der Waals surface area contributed by atoms with Gasteiger partial charge in [0.25, 0.3) is 0 Å². The van der Waals surface area contributed by atoms with Crippen molar-refractivity contribution < 1.29 is 0 Å². The van der Waals surface area contributed by atoms with E-state index in [-0.39, 0.29) is 11.8 Å². The highest BCUT2D eigenvalue weighted by Crippen LogP contribution is 2.59. The number of hydrogen-bond acceptors (Lipinski definition) is 5. The van der Waals surface area contributed by atoms with Crippen LogP contribution in [0.2, 0.25) is 0 Å². The first-order valence-corrected chi connectivity index (χ1v) is 25.7. The predicted octanol–water partition coefficient (Wildman–Crippen LogP) is 16.0. The molecule has 10 aromatic carbocycles. The molecule has 16 rings (SSSR count). The van der Waals surface area contributed by atoms with Crippen molar-refractivity contribution in [2.24, 2.45) is 0 Å². The highest BCUT2D eigenvalue weighted by molar-refractivity contribution is 5.95. The van der Waals surface area contributed by atoms with Gasteiger partial charge in [0.1, 0.15) is 0 Å². The lowest BCUT2D eigenvalue weighted by Gasteiger charge is -2.42. The summed E-state index contributed by atoms with van der Waals surface area (Å²) in [5.41, 5.74) is 22.5. The Morgan fingerprint density at radius 1 is 0.253 bits per heavy atom. The molecular formula is C70H45N5. The van der Waals surface area contributed by atoms with Crippen LogP contribution >= 0.6 is 0 Å². The van der Waals surface area contributed by atoms with Crippen LogP contribution in [0.3, 0.4) is 0 Å². The molecule has 4 aliphatic rings. The quantitative estimate of drug-likeness (QED) is 0.152. The Hall–Kier alpha value is -9.71. The number of nitrogens with zero attached hydrogens (tertiary/aromatic N) is 5. The average molecular weight is 956 g/mol. The molecule has 4 aliphatic carbocycles. The number of hydrogen-bond donors (Lipinski definition) is 0. The van der Waals surface area contributed by atoms with Crippen molar-refractivity contribution in [3.05, 3.63) is 316 Å². The standard InChI is InChI=1S/C70H45N5/c1-6-21-44(22-7-1)66-71-61(43-62(72-66)56-34-20-36-60-65(56)55-33-18-19-35-59(55)70(60,49-27-12-4-13-28-49)50-29-14-5-15-30-50)47-37-39-53-57(41-47)63-51-31-16-17-32-52(51)64(53)58-42-48(38-40-54(58)63)69-74-67(45-23-8-2-9-24-45)73-68(75-69)46-25-10-3-11-26-46/h1-43,63-64H. The lowest BCUT2D eigenvalue weighted by Crippen LogP contribution is -2.28. The molecule has 0 radical (unpaired) electrons. The molecule has 2 aromatic heterocycles. The van der Waals surface area contributed by atoms with Crippen molar-refractivity contribution in [2.45, 2.75) is 17.3 Å². The molecular weight excluding hydrogens is 911 g/mol. The van der Waals surface area contributed by atoms with E-state index in [0.717, 1.165) is 44.8 Å². The van der Waals surface area contributed by atoms with E-state index in [1.54, 1.807) is 0 Å². The first-order valence-electron chi connectivity index (χ1n) is 25.7. The van der Waals surface area contributed by atoms with Gasteiger partial charge in [0, 0.05) is 45.2 Å². The summed E-state index contributed by atoms with van der Waals surface area (Å²) in [7, 11) is 0. The van der Waals surface area contributed by atoms with E-state index >= 15 is 0 Å². The van der Waals surface area contributed by atoms with Crippen molar-refractivity contribution in [3.8, 4) is 79.2 Å². The molecule has 350 valence electrons. The van der Waals surface area contributed by atoms with Crippen LogP contribution in [0, 0.1) is 0 Å². The minimum absolute atomic E-state index is 0.0243. The van der Waals surface area contributed by atoms with Crippen LogP contribution in [-0.4, -0.2) is 24.9 Å². The smallest absolute Gasteiger partial charge is 0.164 e. The molecule has 0 fully saturated rings. The normalized spacial score (nSPS) is 15.0. The highest BCUT2D eigenvalue weighted by atomic mass is 15.0. The second kappa shape index (κ2) is 17.2. The molecule has 2 heterocycles. The highest BCUT2D eigenvalue weighted by Gasteiger charge is 2.47. The third-order valence-electron chi connectivity index (χ3n) is 15.8. The van der Waals surface area contributed by atoms with Crippen molar-refractivity contribution in [3.63, 3.8) is 0 Å². The van der Waals surface area contributed by atoms with E-state index < -0.39 is 5.41 Å². The lowest BCUT2D eigenvalue weighted by atomic mass is 9.60. The summed E-state index contributed by atoms with van der Waals surface area (Å²) in [6.07, 6.45) is 0. The first-order chi connectivity index (χ1) is 37.2. The van der Waals surface area contributed by atoms with Gasteiger partial charge in [0.05, 0.1) is 16.8 Å². The minimum atomic E-state index is -0.532. The number of fused-ring (bicyclic) bond motifs is 3. The Morgan fingerprint density at radius 2 is 0.653 bits per heavy atom. The van der Waals surface area contributed by atoms with E-state index in [4.69, 9.17) is 24.9 Å². The fraction of sp³-hybridized carbons (Fsp3) is 0.0429. The maximum atomic E-state index is 5.48. The molecule has 2 atom stereocenters. The van der Waals surface area contributed by atoms with Gasteiger partial charge in [-0.25, -0.2) is 24.9 Å². The zero-order valence-corrected chi connectivity index (χ0v) is 40.7. The van der Waals surface area contributed by atoms with E-state index in [2.05, 4.69) is 218 Å². The zero-order chi connectivity index (χ0) is 49.5. The van der Waals surface area contributed by atoms with E-state index in [1.165, 1.54) is 66.8 Å². The number of benzene rings is 10. The fourth-order valence-corrected chi connectivity index (χ4v) is 12.6. The minimum Gasteiger partial charge on any atom is -0.228 e. The summed E-state index contributed by atoms with van der Waals surface area (Å²) >= 11 is 0. The zero-order valence-electron chi connectivity index (χ0n) is 40.7. The lowest BCUT2D eigenvalue weighted by molar-refractivity contribution is 0.754. The van der Waals surface area contributed by atoms with E-state index in [9.17, 15) is 0 Å². The van der Waals surface area contributed by atoms with Gasteiger partial charge in [-0.2, -0.15) is 0 Å². The number of rotatable bonds is 8. The van der Waals surface area contributed by atoms with Crippen LogP contribution in [0.25, 0.3) is 79.2 Å². The molecule has 0 N–H and O–H groups in total. The molecule has 75 heavy (non-hydrogen) atoms.